The number of sulfonamides is 1. The molecule has 3 aromatic heterocycles. The molecular formula is C18H18N4O3S3. The van der Waals surface area contributed by atoms with Crippen molar-refractivity contribution in [3.05, 3.63) is 57.7 Å². The predicted molar refractivity (Wildman–Crippen MR) is 109 cm³/mol. The van der Waals surface area contributed by atoms with Crippen LogP contribution < -0.4 is 5.32 Å². The van der Waals surface area contributed by atoms with Crippen molar-refractivity contribution in [1.29, 1.82) is 0 Å². The maximum absolute atomic E-state index is 12.9. The number of anilines is 1. The molecule has 1 aliphatic rings. The van der Waals surface area contributed by atoms with Crippen LogP contribution in [0.4, 0.5) is 5.13 Å². The number of hydrogen-bond donors (Lipinski definition) is 1. The molecule has 0 saturated heterocycles. The van der Waals surface area contributed by atoms with Gasteiger partial charge in [-0.25, -0.2) is 13.4 Å². The van der Waals surface area contributed by atoms with Crippen molar-refractivity contribution in [2.75, 3.05) is 11.9 Å². The summed E-state index contributed by atoms with van der Waals surface area (Å²) in [6, 6.07) is 8.66. The third-order valence-electron chi connectivity index (χ3n) is 4.39. The zero-order valence-corrected chi connectivity index (χ0v) is 17.5. The lowest BCUT2D eigenvalue weighted by Crippen LogP contribution is -2.35. The maximum atomic E-state index is 12.9. The molecule has 0 radical (unpaired) electrons. The minimum Gasteiger partial charge on any atom is -0.296 e. The number of aryl methyl sites for hydroxylation is 1. The van der Waals surface area contributed by atoms with Gasteiger partial charge >= 0.3 is 0 Å². The van der Waals surface area contributed by atoms with Crippen LogP contribution in [0.2, 0.25) is 0 Å². The lowest BCUT2D eigenvalue weighted by molar-refractivity contribution is 0.102. The largest absolute Gasteiger partial charge is 0.296 e. The third kappa shape index (κ3) is 3.72. The van der Waals surface area contributed by atoms with E-state index >= 15 is 0 Å². The zero-order valence-electron chi connectivity index (χ0n) is 15.1. The number of carbonyl (C=O) groups excluding carboxylic acids is 1. The lowest BCUT2D eigenvalue weighted by Gasteiger charge is -2.24. The summed E-state index contributed by atoms with van der Waals surface area (Å²) in [7, 11) is -3.52. The van der Waals surface area contributed by atoms with Gasteiger partial charge in [-0.05, 0) is 30.7 Å². The van der Waals surface area contributed by atoms with Crippen molar-refractivity contribution < 1.29 is 13.2 Å². The number of thiazole rings is 1. The van der Waals surface area contributed by atoms with E-state index in [-0.39, 0.29) is 12.5 Å². The number of pyridine rings is 1. The van der Waals surface area contributed by atoms with Crippen LogP contribution in [0.25, 0.3) is 0 Å². The fourth-order valence-electron chi connectivity index (χ4n) is 2.90. The van der Waals surface area contributed by atoms with Crippen LogP contribution in [0.15, 0.2) is 40.7 Å². The van der Waals surface area contributed by atoms with Gasteiger partial charge in [-0.15, -0.1) is 22.7 Å². The Bertz CT molecular complexity index is 1110. The van der Waals surface area contributed by atoms with E-state index < -0.39 is 10.0 Å². The van der Waals surface area contributed by atoms with Gasteiger partial charge in [0.2, 0.25) is 0 Å². The van der Waals surface area contributed by atoms with Crippen molar-refractivity contribution in [3.8, 4) is 0 Å². The molecule has 0 unspecified atom stereocenters. The zero-order chi connectivity index (χ0) is 19.7. The van der Waals surface area contributed by atoms with Crippen LogP contribution in [0.5, 0.6) is 0 Å². The summed E-state index contributed by atoms with van der Waals surface area (Å²) in [4.78, 5) is 22.6. The van der Waals surface area contributed by atoms with Gasteiger partial charge in [-0.1, -0.05) is 13.0 Å². The quantitative estimate of drug-likeness (QED) is 0.666. The first-order valence-corrected chi connectivity index (χ1v) is 11.8. The summed E-state index contributed by atoms with van der Waals surface area (Å²) in [5.41, 5.74) is 1.15. The molecule has 0 aromatic carbocycles. The molecule has 0 aliphatic carbocycles. The Morgan fingerprint density at radius 1 is 1.25 bits per heavy atom. The molecule has 0 saturated carbocycles. The number of hydrogen-bond acceptors (Lipinski definition) is 7. The normalized spacial score (nSPS) is 14.6. The number of thiophene rings is 1. The smallest absolute Gasteiger partial charge is 0.276 e. The van der Waals surface area contributed by atoms with Gasteiger partial charge in [-0.2, -0.15) is 4.31 Å². The Labute approximate surface area is 171 Å². The Kier molecular flexibility index (Phi) is 5.28. The molecule has 1 amide bonds. The summed E-state index contributed by atoms with van der Waals surface area (Å²) in [5, 5.41) is 3.21. The number of nitrogens with one attached hydrogen (secondary N) is 1. The van der Waals surface area contributed by atoms with E-state index in [1.54, 1.807) is 30.5 Å². The first-order chi connectivity index (χ1) is 13.5. The van der Waals surface area contributed by atoms with Crippen LogP contribution in [-0.2, 0) is 29.4 Å². The highest BCUT2D eigenvalue weighted by Gasteiger charge is 2.31. The van der Waals surface area contributed by atoms with E-state index in [0.29, 0.717) is 28.0 Å². The summed E-state index contributed by atoms with van der Waals surface area (Å²) < 4.78 is 27.7. The van der Waals surface area contributed by atoms with Gasteiger partial charge in [0.15, 0.2) is 5.13 Å². The molecule has 0 spiro atoms. The van der Waals surface area contributed by atoms with E-state index in [1.807, 2.05) is 13.0 Å². The molecule has 10 heteroatoms. The van der Waals surface area contributed by atoms with E-state index in [0.717, 1.165) is 21.9 Å². The Morgan fingerprint density at radius 2 is 2.11 bits per heavy atom. The minimum atomic E-state index is -3.52. The fraction of sp³-hybridized carbons (Fsp3) is 0.278. The highest BCUT2D eigenvalue weighted by molar-refractivity contribution is 7.91. The Morgan fingerprint density at radius 3 is 2.82 bits per heavy atom. The van der Waals surface area contributed by atoms with Crippen molar-refractivity contribution in [1.82, 2.24) is 14.3 Å². The molecule has 0 atom stereocenters. The molecular weight excluding hydrogens is 416 g/mol. The standard InChI is InChI=1S/C18H18N4O3S3/c1-2-12-6-7-16(26-12)28(24,25)22-10-8-13-15(11-22)27-18(20-13)21-17(23)14-5-3-4-9-19-14/h3-7,9H,2,8,10-11H2,1H3,(H,20,21,23). The highest BCUT2D eigenvalue weighted by Crippen LogP contribution is 2.33. The first kappa shape index (κ1) is 19.2. The lowest BCUT2D eigenvalue weighted by atomic mass is 10.2. The molecule has 4 heterocycles. The maximum Gasteiger partial charge on any atom is 0.276 e. The first-order valence-electron chi connectivity index (χ1n) is 8.77. The van der Waals surface area contributed by atoms with Crippen molar-refractivity contribution in [3.63, 3.8) is 0 Å². The molecule has 3 aromatic rings. The van der Waals surface area contributed by atoms with Crippen molar-refractivity contribution in [2.45, 2.75) is 30.5 Å². The van der Waals surface area contributed by atoms with Gasteiger partial charge in [0.25, 0.3) is 15.9 Å². The van der Waals surface area contributed by atoms with Gasteiger partial charge in [0, 0.05) is 28.9 Å². The van der Waals surface area contributed by atoms with E-state index in [9.17, 15) is 13.2 Å². The van der Waals surface area contributed by atoms with Gasteiger partial charge < -0.3 is 0 Å². The number of amides is 1. The number of rotatable bonds is 5. The molecule has 28 heavy (non-hydrogen) atoms. The number of carbonyl (C=O) groups is 1. The number of fused-ring (bicyclic) bond motifs is 1. The molecule has 1 aliphatic heterocycles. The van der Waals surface area contributed by atoms with Crippen LogP contribution in [0.3, 0.4) is 0 Å². The van der Waals surface area contributed by atoms with Crippen LogP contribution >= 0.6 is 22.7 Å². The van der Waals surface area contributed by atoms with E-state index in [1.165, 1.54) is 27.0 Å². The molecule has 146 valence electrons. The van der Waals surface area contributed by atoms with E-state index in [4.69, 9.17) is 0 Å². The van der Waals surface area contributed by atoms with Gasteiger partial charge in [-0.3, -0.25) is 15.1 Å². The topological polar surface area (TPSA) is 92.3 Å². The molecule has 0 bridgehead atoms. The summed E-state index contributed by atoms with van der Waals surface area (Å²) >= 11 is 2.63. The van der Waals surface area contributed by atoms with Crippen LogP contribution in [0.1, 0.15) is 32.9 Å². The fourth-order valence-corrected chi connectivity index (χ4v) is 6.86. The Balaban J connectivity index is 1.51. The average Bonchev–Trinajstić information content (AvgIpc) is 3.34. The second-order valence-electron chi connectivity index (χ2n) is 6.22. The van der Waals surface area contributed by atoms with Crippen LogP contribution in [-0.4, -0.2) is 35.1 Å². The highest BCUT2D eigenvalue weighted by atomic mass is 32.2. The minimum absolute atomic E-state index is 0.272. The van der Waals surface area contributed by atoms with Crippen LogP contribution in [0, 0.1) is 0 Å². The predicted octanol–water partition coefficient (Wildman–Crippen LogP) is 3.16. The molecule has 4 rings (SSSR count). The Hall–Kier alpha value is -2.14. The third-order valence-corrected chi connectivity index (χ3v) is 8.93. The van der Waals surface area contributed by atoms with Crippen molar-refractivity contribution in [2.24, 2.45) is 0 Å². The average molecular weight is 435 g/mol. The number of aromatic nitrogens is 2. The van der Waals surface area contributed by atoms with Gasteiger partial charge in [0.1, 0.15) is 9.90 Å². The molecule has 7 nitrogen and oxygen atoms in total. The molecule has 0 fully saturated rings. The number of nitrogens with zero attached hydrogens (tertiary/aromatic N) is 3. The molecule has 1 N–H and O–H groups in total. The van der Waals surface area contributed by atoms with Crippen molar-refractivity contribution >= 4 is 43.7 Å². The van der Waals surface area contributed by atoms with Gasteiger partial charge in [0.05, 0.1) is 12.2 Å². The SMILES string of the molecule is CCc1ccc(S(=O)(=O)N2CCc3nc(NC(=O)c4ccccn4)sc3C2)s1. The summed E-state index contributed by atoms with van der Waals surface area (Å²) in [5.74, 6) is -0.332. The monoisotopic (exact) mass is 434 g/mol. The summed E-state index contributed by atoms with van der Waals surface area (Å²) in [6.07, 6.45) is 2.90. The second kappa shape index (κ2) is 7.70. The second-order valence-corrected chi connectivity index (χ2v) is 10.6. The van der Waals surface area contributed by atoms with E-state index in [2.05, 4.69) is 15.3 Å². The summed E-state index contributed by atoms with van der Waals surface area (Å²) in [6.45, 7) is 2.66.